The van der Waals surface area contributed by atoms with Gasteiger partial charge in [0.15, 0.2) is 0 Å². The number of hydrogen-bond donors (Lipinski definition) is 2. The van der Waals surface area contributed by atoms with E-state index in [4.69, 9.17) is 5.73 Å². The summed E-state index contributed by atoms with van der Waals surface area (Å²) in [6.07, 6.45) is 4.59. The topological polar surface area (TPSA) is 58.4 Å². The van der Waals surface area contributed by atoms with Crippen LogP contribution in [0.4, 0.5) is 0 Å². The van der Waals surface area contributed by atoms with Crippen LogP contribution < -0.4 is 11.1 Å². The Morgan fingerprint density at radius 3 is 2.62 bits per heavy atom. The molecule has 0 aromatic rings. The average Bonchev–Trinajstić information content (AvgIpc) is 3.18. The number of nitrogens with two attached hydrogens (primary N) is 1. The molecule has 0 saturated heterocycles. The zero-order chi connectivity index (χ0) is 11.6. The summed E-state index contributed by atoms with van der Waals surface area (Å²) in [5.74, 6) is 0.168. The summed E-state index contributed by atoms with van der Waals surface area (Å²) in [4.78, 5) is 14.3. The van der Waals surface area contributed by atoms with Crippen molar-refractivity contribution in [2.24, 2.45) is 11.1 Å². The van der Waals surface area contributed by atoms with Gasteiger partial charge in [0, 0.05) is 25.7 Å². The summed E-state index contributed by atoms with van der Waals surface area (Å²) in [5.41, 5.74) is 5.42. The maximum atomic E-state index is 11.8. The molecule has 0 atom stereocenters. The number of carbonyl (C=O) groups is 1. The minimum absolute atomic E-state index is 0.168. The van der Waals surface area contributed by atoms with Crippen molar-refractivity contribution in [2.75, 3.05) is 26.2 Å². The number of carbonyl (C=O) groups excluding carboxylic acids is 1. The Kier molecular flexibility index (Phi) is 3.50. The summed E-state index contributed by atoms with van der Waals surface area (Å²) >= 11 is 0. The van der Waals surface area contributed by atoms with Gasteiger partial charge >= 0.3 is 0 Å². The van der Waals surface area contributed by atoms with E-state index in [2.05, 4.69) is 17.1 Å². The third-order valence-corrected chi connectivity index (χ3v) is 3.88. The van der Waals surface area contributed by atoms with Crippen molar-refractivity contribution in [3.8, 4) is 0 Å². The fourth-order valence-corrected chi connectivity index (χ4v) is 2.21. The molecule has 2 rings (SSSR count). The van der Waals surface area contributed by atoms with Crippen LogP contribution in [0.3, 0.4) is 0 Å². The van der Waals surface area contributed by atoms with Crippen LogP contribution in [0, 0.1) is 5.41 Å². The van der Waals surface area contributed by atoms with Crippen molar-refractivity contribution in [2.45, 2.75) is 38.6 Å². The lowest BCUT2D eigenvalue weighted by atomic mass is 10.1. The SMILES string of the molecule is CCN(CCNC(=O)C1(CN)CC1)C1CC1. The summed E-state index contributed by atoms with van der Waals surface area (Å²) in [5, 5.41) is 3.02. The van der Waals surface area contributed by atoms with Crippen molar-refractivity contribution >= 4 is 5.91 Å². The van der Waals surface area contributed by atoms with Gasteiger partial charge in [0.25, 0.3) is 0 Å². The third-order valence-electron chi connectivity index (χ3n) is 3.88. The number of likely N-dealkylation sites (N-methyl/N-ethyl adjacent to an activating group) is 1. The van der Waals surface area contributed by atoms with Gasteiger partial charge in [-0.2, -0.15) is 0 Å². The molecule has 0 spiro atoms. The van der Waals surface area contributed by atoms with Crippen LogP contribution in [0.15, 0.2) is 0 Å². The number of nitrogens with zero attached hydrogens (tertiary/aromatic N) is 1. The second-order valence-corrected chi connectivity index (χ2v) is 5.10. The Morgan fingerprint density at radius 1 is 1.50 bits per heavy atom. The molecule has 0 aromatic heterocycles. The van der Waals surface area contributed by atoms with Crippen molar-refractivity contribution in [1.82, 2.24) is 10.2 Å². The first-order valence-electron chi connectivity index (χ1n) is 6.44. The molecular formula is C12H23N3O. The Morgan fingerprint density at radius 2 is 2.19 bits per heavy atom. The minimum atomic E-state index is -0.198. The van der Waals surface area contributed by atoms with Gasteiger partial charge in [-0.15, -0.1) is 0 Å². The highest BCUT2D eigenvalue weighted by Crippen LogP contribution is 2.44. The van der Waals surface area contributed by atoms with Crippen LogP contribution in [-0.4, -0.2) is 43.0 Å². The monoisotopic (exact) mass is 225 g/mol. The fourth-order valence-electron chi connectivity index (χ4n) is 2.21. The summed E-state index contributed by atoms with van der Waals surface area (Å²) in [6.45, 7) is 5.52. The summed E-state index contributed by atoms with van der Waals surface area (Å²) in [6, 6.07) is 0.784. The van der Waals surface area contributed by atoms with Crippen LogP contribution in [0.5, 0.6) is 0 Å². The molecule has 3 N–H and O–H groups in total. The molecule has 2 aliphatic carbocycles. The maximum absolute atomic E-state index is 11.8. The Hall–Kier alpha value is -0.610. The van der Waals surface area contributed by atoms with Crippen LogP contribution in [0.1, 0.15) is 32.6 Å². The lowest BCUT2D eigenvalue weighted by Crippen LogP contribution is -2.41. The normalized spacial score (nSPS) is 22.2. The number of amides is 1. The number of nitrogens with one attached hydrogen (secondary N) is 1. The molecule has 0 heterocycles. The molecule has 0 bridgehead atoms. The van der Waals surface area contributed by atoms with Gasteiger partial charge in [-0.25, -0.2) is 0 Å². The molecule has 2 aliphatic rings. The van der Waals surface area contributed by atoms with E-state index in [-0.39, 0.29) is 11.3 Å². The van der Waals surface area contributed by atoms with Crippen LogP contribution in [-0.2, 0) is 4.79 Å². The van der Waals surface area contributed by atoms with Gasteiger partial charge in [0.2, 0.25) is 5.91 Å². The van der Waals surface area contributed by atoms with E-state index in [9.17, 15) is 4.79 Å². The lowest BCUT2D eigenvalue weighted by molar-refractivity contribution is -0.126. The zero-order valence-electron chi connectivity index (χ0n) is 10.2. The highest BCUT2D eigenvalue weighted by atomic mass is 16.2. The molecule has 0 aliphatic heterocycles. The van der Waals surface area contributed by atoms with Crippen LogP contribution in [0.25, 0.3) is 0 Å². The smallest absolute Gasteiger partial charge is 0.227 e. The van der Waals surface area contributed by atoms with Gasteiger partial charge in [0.05, 0.1) is 5.41 Å². The van der Waals surface area contributed by atoms with E-state index < -0.39 is 0 Å². The van der Waals surface area contributed by atoms with Crippen molar-refractivity contribution in [3.63, 3.8) is 0 Å². The highest BCUT2D eigenvalue weighted by Gasteiger charge is 2.48. The first-order valence-corrected chi connectivity index (χ1v) is 6.44. The highest BCUT2D eigenvalue weighted by molar-refractivity contribution is 5.85. The van der Waals surface area contributed by atoms with Crippen molar-refractivity contribution in [3.05, 3.63) is 0 Å². The van der Waals surface area contributed by atoms with Gasteiger partial charge < -0.3 is 11.1 Å². The molecule has 2 saturated carbocycles. The lowest BCUT2D eigenvalue weighted by Gasteiger charge is -2.20. The molecule has 2 fully saturated rings. The molecule has 4 nitrogen and oxygen atoms in total. The van der Waals surface area contributed by atoms with Gasteiger partial charge in [-0.05, 0) is 32.2 Å². The molecule has 0 unspecified atom stereocenters. The zero-order valence-corrected chi connectivity index (χ0v) is 10.2. The van der Waals surface area contributed by atoms with E-state index in [1.54, 1.807) is 0 Å². The summed E-state index contributed by atoms with van der Waals surface area (Å²) in [7, 11) is 0. The van der Waals surface area contributed by atoms with Crippen LogP contribution in [0.2, 0.25) is 0 Å². The fraction of sp³-hybridized carbons (Fsp3) is 0.917. The van der Waals surface area contributed by atoms with E-state index >= 15 is 0 Å². The molecule has 0 radical (unpaired) electrons. The molecule has 4 heteroatoms. The standard InChI is InChI=1S/C12H23N3O/c1-2-15(10-3-4-10)8-7-14-11(16)12(9-13)5-6-12/h10H,2-9,13H2,1H3,(H,14,16). The molecule has 1 amide bonds. The van der Waals surface area contributed by atoms with E-state index in [1.165, 1.54) is 12.8 Å². The predicted octanol–water partition coefficient (Wildman–Crippen LogP) is 0.326. The predicted molar refractivity (Wildman–Crippen MR) is 64.0 cm³/mol. The second-order valence-electron chi connectivity index (χ2n) is 5.10. The molecular weight excluding hydrogens is 202 g/mol. The second kappa shape index (κ2) is 4.72. The molecule has 92 valence electrons. The van der Waals surface area contributed by atoms with E-state index in [1.807, 2.05) is 0 Å². The van der Waals surface area contributed by atoms with Crippen molar-refractivity contribution < 1.29 is 4.79 Å². The van der Waals surface area contributed by atoms with Gasteiger partial charge in [-0.1, -0.05) is 6.92 Å². The Balaban J connectivity index is 1.65. The van der Waals surface area contributed by atoms with Gasteiger partial charge in [0.1, 0.15) is 0 Å². The molecule has 0 aromatic carbocycles. The number of hydrogen-bond acceptors (Lipinski definition) is 3. The van der Waals surface area contributed by atoms with Gasteiger partial charge in [-0.3, -0.25) is 9.69 Å². The first-order chi connectivity index (χ1) is 7.72. The van der Waals surface area contributed by atoms with E-state index in [0.717, 1.165) is 38.5 Å². The Bertz CT molecular complexity index is 259. The summed E-state index contributed by atoms with van der Waals surface area (Å²) < 4.78 is 0. The maximum Gasteiger partial charge on any atom is 0.227 e. The quantitative estimate of drug-likeness (QED) is 0.656. The average molecular weight is 225 g/mol. The van der Waals surface area contributed by atoms with Crippen molar-refractivity contribution in [1.29, 1.82) is 0 Å². The van der Waals surface area contributed by atoms with E-state index in [0.29, 0.717) is 6.54 Å². The number of rotatable bonds is 7. The Labute approximate surface area is 97.6 Å². The minimum Gasteiger partial charge on any atom is -0.354 e. The third kappa shape index (κ3) is 2.55. The largest absolute Gasteiger partial charge is 0.354 e. The molecule has 16 heavy (non-hydrogen) atoms. The first kappa shape index (κ1) is 11.9. The van der Waals surface area contributed by atoms with Crippen LogP contribution >= 0.6 is 0 Å².